The molecule has 7 heteroatoms. The van der Waals surface area contributed by atoms with E-state index in [-0.39, 0.29) is 23.6 Å². The molecule has 0 aliphatic carbocycles. The number of nitrogens with zero attached hydrogens (tertiary/aromatic N) is 1. The summed E-state index contributed by atoms with van der Waals surface area (Å²) in [6.07, 6.45) is 1.32. The predicted molar refractivity (Wildman–Crippen MR) is 105 cm³/mol. The second-order valence-corrected chi connectivity index (χ2v) is 7.45. The molecule has 3 rings (SSSR count). The Labute approximate surface area is 167 Å². The molecule has 0 saturated carbocycles. The van der Waals surface area contributed by atoms with E-state index in [4.69, 9.17) is 23.2 Å². The normalized spacial score (nSPS) is 17.6. The molecule has 1 fully saturated rings. The Morgan fingerprint density at radius 2 is 2.00 bits per heavy atom. The Bertz CT molecular complexity index is 872. The van der Waals surface area contributed by atoms with Gasteiger partial charge < -0.3 is 15.3 Å². The summed E-state index contributed by atoms with van der Waals surface area (Å²) < 4.78 is 0. The summed E-state index contributed by atoms with van der Waals surface area (Å²) in [6, 6.07) is 10.6. The van der Waals surface area contributed by atoms with Crippen LogP contribution < -0.4 is 5.32 Å². The van der Waals surface area contributed by atoms with E-state index in [9.17, 15) is 14.7 Å². The minimum absolute atomic E-state index is 0.141. The van der Waals surface area contributed by atoms with Crippen molar-refractivity contribution in [3.8, 4) is 5.75 Å². The van der Waals surface area contributed by atoms with Gasteiger partial charge in [0, 0.05) is 11.6 Å². The maximum absolute atomic E-state index is 12.9. The molecular weight excluding hydrogens is 387 g/mol. The number of benzene rings is 2. The number of phenols is 1. The van der Waals surface area contributed by atoms with Crippen LogP contribution in [0, 0.1) is 0 Å². The predicted octanol–water partition coefficient (Wildman–Crippen LogP) is 4.18. The topological polar surface area (TPSA) is 69.6 Å². The quantitative estimate of drug-likeness (QED) is 0.799. The molecule has 2 aromatic carbocycles. The Kier molecular flexibility index (Phi) is 5.92. The molecule has 2 atom stereocenters. The molecule has 1 aliphatic heterocycles. The van der Waals surface area contributed by atoms with E-state index < -0.39 is 6.04 Å². The Morgan fingerprint density at radius 1 is 1.22 bits per heavy atom. The first-order valence-corrected chi connectivity index (χ1v) is 9.47. The van der Waals surface area contributed by atoms with Crippen molar-refractivity contribution in [1.29, 1.82) is 0 Å². The fourth-order valence-corrected chi connectivity index (χ4v) is 3.66. The minimum atomic E-state index is -0.563. The van der Waals surface area contributed by atoms with Gasteiger partial charge in [-0.25, -0.2) is 0 Å². The molecule has 2 unspecified atom stereocenters. The number of carbonyl (C=O) groups is 2. The lowest BCUT2D eigenvalue weighted by Crippen LogP contribution is -2.46. The van der Waals surface area contributed by atoms with Gasteiger partial charge in [0.25, 0.3) is 5.91 Å². The molecule has 2 N–H and O–H groups in total. The molecule has 1 saturated heterocycles. The minimum Gasteiger partial charge on any atom is -0.508 e. The van der Waals surface area contributed by atoms with E-state index in [1.165, 1.54) is 6.07 Å². The van der Waals surface area contributed by atoms with Gasteiger partial charge in [-0.1, -0.05) is 35.3 Å². The van der Waals surface area contributed by atoms with Gasteiger partial charge in [-0.15, -0.1) is 0 Å². The van der Waals surface area contributed by atoms with Gasteiger partial charge in [0.2, 0.25) is 5.91 Å². The zero-order valence-corrected chi connectivity index (χ0v) is 16.3. The van der Waals surface area contributed by atoms with Gasteiger partial charge in [-0.3, -0.25) is 9.59 Å². The van der Waals surface area contributed by atoms with Crippen molar-refractivity contribution in [3.05, 3.63) is 63.6 Å². The van der Waals surface area contributed by atoms with Crippen LogP contribution in [-0.4, -0.2) is 34.4 Å². The Hall–Kier alpha value is -2.24. The third-order valence-corrected chi connectivity index (χ3v) is 5.27. The van der Waals surface area contributed by atoms with Crippen molar-refractivity contribution >= 4 is 35.0 Å². The highest BCUT2D eigenvalue weighted by Gasteiger charge is 2.35. The molecule has 2 aromatic rings. The second kappa shape index (κ2) is 8.19. The largest absolute Gasteiger partial charge is 0.508 e. The van der Waals surface area contributed by atoms with E-state index in [2.05, 4.69) is 5.32 Å². The highest BCUT2D eigenvalue weighted by Crippen LogP contribution is 2.27. The van der Waals surface area contributed by atoms with Crippen molar-refractivity contribution in [2.24, 2.45) is 0 Å². The number of rotatable bonds is 4. The van der Waals surface area contributed by atoms with Crippen molar-refractivity contribution in [2.75, 3.05) is 6.54 Å². The highest BCUT2D eigenvalue weighted by molar-refractivity contribution is 6.35. The smallest absolute Gasteiger partial charge is 0.256 e. The van der Waals surface area contributed by atoms with Crippen molar-refractivity contribution in [3.63, 3.8) is 0 Å². The number of aromatic hydroxyl groups is 1. The highest BCUT2D eigenvalue weighted by atomic mass is 35.5. The van der Waals surface area contributed by atoms with E-state index in [0.29, 0.717) is 28.6 Å². The molecular formula is C20H20Cl2N2O3. The van der Waals surface area contributed by atoms with Gasteiger partial charge in [-0.05, 0) is 55.7 Å². The van der Waals surface area contributed by atoms with Crippen molar-refractivity contribution in [1.82, 2.24) is 10.2 Å². The summed E-state index contributed by atoms with van der Waals surface area (Å²) in [5.74, 6) is -0.387. The molecule has 142 valence electrons. The zero-order chi connectivity index (χ0) is 19.6. The van der Waals surface area contributed by atoms with Gasteiger partial charge in [0.05, 0.1) is 16.6 Å². The first-order chi connectivity index (χ1) is 12.9. The van der Waals surface area contributed by atoms with Crippen LogP contribution in [0.3, 0.4) is 0 Å². The molecule has 1 aliphatic rings. The monoisotopic (exact) mass is 406 g/mol. The number of phenolic OH excluding ortho intramolecular Hbond substituents is 1. The maximum Gasteiger partial charge on any atom is 0.256 e. The Morgan fingerprint density at radius 3 is 2.74 bits per heavy atom. The summed E-state index contributed by atoms with van der Waals surface area (Å²) in [7, 11) is 0. The third kappa shape index (κ3) is 4.37. The van der Waals surface area contributed by atoms with E-state index in [0.717, 1.165) is 12.0 Å². The lowest BCUT2D eigenvalue weighted by molar-refractivity contribution is -0.125. The average molecular weight is 407 g/mol. The van der Waals surface area contributed by atoms with E-state index in [1.54, 1.807) is 35.2 Å². The molecule has 1 heterocycles. The lowest BCUT2D eigenvalue weighted by Gasteiger charge is -2.26. The number of hydrogen-bond donors (Lipinski definition) is 2. The molecule has 0 bridgehead atoms. The van der Waals surface area contributed by atoms with Gasteiger partial charge in [0.1, 0.15) is 11.8 Å². The van der Waals surface area contributed by atoms with Crippen LogP contribution in [0.15, 0.2) is 42.5 Å². The summed E-state index contributed by atoms with van der Waals surface area (Å²) in [6.45, 7) is 2.32. The third-order valence-electron chi connectivity index (χ3n) is 4.70. The molecule has 0 aromatic heterocycles. The van der Waals surface area contributed by atoms with Crippen LogP contribution in [0.2, 0.25) is 10.0 Å². The molecule has 0 radical (unpaired) electrons. The number of nitrogens with one attached hydrogen (secondary N) is 1. The number of amides is 2. The van der Waals surface area contributed by atoms with Gasteiger partial charge in [0.15, 0.2) is 0 Å². The summed E-state index contributed by atoms with van der Waals surface area (Å²) in [5.41, 5.74) is 1.09. The second-order valence-electron chi connectivity index (χ2n) is 6.61. The van der Waals surface area contributed by atoms with E-state index >= 15 is 0 Å². The van der Waals surface area contributed by atoms with Crippen LogP contribution in [-0.2, 0) is 4.79 Å². The summed E-state index contributed by atoms with van der Waals surface area (Å²) in [4.78, 5) is 27.2. The fraction of sp³-hybridized carbons (Fsp3) is 0.300. The van der Waals surface area contributed by atoms with Crippen LogP contribution in [0.4, 0.5) is 0 Å². The van der Waals surface area contributed by atoms with Crippen LogP contribution >= 0.6 is 23.2 Å². The van der Waals surface area contributed by atoms with Crippen LogP contribution in [0.25, 0.3) is 0 Å². The van der Waals surface area contributed by atoms with Crippen molar-refractivity contribution < 1.29 is 14.7 Å². The van der Waals surface area contributed by atoms with Gasteiger partial charge in [-0.2, -0.15) is 0 Å². The maximum atomic E-state index is 12.9. The standard InChI is InChI=1S/C20H20Cl2N2O3/c1-12(13-4-2-5-15(25)10-13)23-19(26)18-6-3-9-24(18)20(27)16-11-14(21)7-8-17(16)22/h2,4-5,7-8,10-12,18,25H,3,6,9H2,1H3,(H,23,26). The number of halogens is 2. The number of hydrogen-bond acceptors (Lipinski definition) is 3. The van der Waals surface area contributed by atoms with Crippen LogP contribution in [0.5, 0.6) is 5.75 Å². The zero-order valence-electron chi connectivity index (χ0n) is 14.8. The van der Waals surface area contributed by atoms with Gasteiger partial charge >= 0.3 is 0 Å². The molecule has 5 nitrogen and oxygen atoms in total. The summed E-state index contributed by atoms with van der Waals surface area (Å²) >= 11 is 12.1. The Balaban J connectivity index is 1.74. The average Bonchev–Trinajstić information content (AvgIpc) is 3.13. The molecule has 27 heavy (non-hydrogen) atoms. The van der Waals surface area contributed by atoms with Crippen LogP contribution in [0.1, 0.15) is 41.7 Å². The van der Waals surface area contributed by atoms with Crippen molar-refractivity contribution in [2.45, 2.75) is 31.8 Å². The molecule has 2 amide bonds. The number of likely N-dealkylation sites (tertiary alicyclic amines) is 1. The first-order valence-electron chi connectivity index (χ1n) is 8.72. The summed E-state index contributed by atoms with van der Waals surface area (Å²) in [5, 5.41) is 13.3. The SMILES string of the molecule is CC(NC(=O)C1CCCN1C(=O)c1cc(Cl)ccc1Cl)c1cccc(O)c1. The first kappa shape index (κ1) is 19.5. The molecule has 0 spiro atoms. The van der Waals surface area contributed by atoms with E-state index in [1.807, 2.05) is 13.0 Å². The number of carbonyl (C=O) groups excluding carboxylic acids is 2. The fourth-order valence-electron chi connectivity index (χ4n) is 3.29. The lowest BCUT2D eigenvalue weighted by atomic mass is 10.1.